The molecule has 2 amide bonds. The van der Waals surface area contributed by atoms with Crippen molar-refractivity contribution >= 4 is 29.6 Å². The summed E-state index contributed by atoms with van der Waals surface area (Å²) < 4.78 is 10.8. The summed E-state index contributed by atoms with van der Waals surface area (Å²) in [4.78, 5) is 38.3. The van der Waals surface area contributed by atoms with Gasteiger partial charge in [-0.1, -0.05) is 32.9 Å². The summed E-state index contributed by atoms with van der Waals surface area (Å²) >= 11 is 6.16. The van der Waals surface area contributed by atoms with Crippen molar-refractivity contribution in [2.75, 3.05) is 0 Å². The van der Waals surface area contributed by atoms with Crippen LogP contribution in [-0.2, 0) is 19.1 Å². The number of rotatable bonds is 9. The fourth-order valence-electron chi connectivity index (χ4n) is 2.75. The number of carbonyl (C=O) groups excluding carboxylic acids is 3. The number of nitrogens with one attached hydrogen (secondary N) is 2. The molecule has 2 N–H and O–H groups in total. The minimum absolute atomic E-state index is 0.130. The number of alkyl carbamates (subject to hydrolysis) is 1. The maximum Gasteiger partial charge on any atom is 0.408 e. The largest absolute Gasteiger partial charge is 0.458 e. The maximum atomic E-state index is 13.2. The first-order chi connectivity index (χ1) is 13.8. The van der Waals surface area contributed by atoms with Crippen LogP contribution in [0.5, 0.6) is 0 Å². The lowest BCUT2D eigenvalue weighted by atomic mass is 9.91. The summed E-state index contributed by atoms with van der Waals surface area (Å²) in [5, 5.41) is 4.94. The van der Waals surface area contributed by atoms with Crippen LogP contribution in [0.15, 0.2) is 12.2 Å². The normalized spacial score (nSPS) is 16.0. The van der Waals surface area contributed by atoms with Gasteiger partial charge in [0.15, 0.2) is 0 Å². The van der Waals surface area contributed by atoms with Crippen LogP contribution in [0.3, 0.4) is 0 Å². The number of alkyl halides is 1. The van der Waals surface area contributed by atoms with Crippen LogP contribution in [0.4, 0.5) is 4.79 Å². The molecule has 0 bridgehead atoms. The Morgan fingerprint density at radius 2 is 1.39 bits per heavy atom. The van der Waals surface area contributed by atoms with Gasteiger partial charge in [-0.25, -0.2) is 9.59 Å². The van der Waals surface area contributed by atoms with Crippen LogP contribution in [0.2, 0.25) is 0 Å². The Hall–Kier alpha value is -1.76. The molecule has 0 heterocycles. The molecule has 0 aromatic heterocycles. The van der Waals surface area contributed by atoms with Crippen molar-refractivity contribution in [1.29, 1.82) is 0 Å². The second-order valence-corrected chi connectivity index (χ2v) is 11.0. The van der Waals surface area contributed by atoms with E-state index >= 15 is 0 Å². The molecular formula is C23H41ClN2O5. The van der Waals surface area contributed by atoms with E-state index in [0.29, 0.717) is 12.0 Å². The van der Waals surface area contributed by atoms with E-state index in [2.05, 4.69) is 17.2 Å². The third-order valence-electron chi connectivity index (χ3n) is 4.27. The molecule has 0 fully saturated rings. The SMILES string of the molecule is C=C(C(C)Cl)[C@@H](C)[C@@H](NC(=O)OC(C)(C)C)C(=O)N[C@@H](CC(C)C)C(=O)OC(C)(C)C. The lowest BCUT2D eigenvalue weighted by molar-refractivity contribution is -0.159. The van der Waals surface area contributed by atoms with E-state index in [-0.39, 0.29) is 5.92 Å². The van der Waals surface area contributed by atoms with E-state index in [4.69, 9.17) is 21.1 Å². The fraction of sp³-hybridized carbons (Fsp3) is 0.783. The quantitative estimate of drug-likeness (QED) is 0.298. The Bertz CT molecular complexity index is 647. The number of esters is 1. The van der Waals surface area contributed by atoms with E-state index < -0.39 is 52.6 Å². The predicted molar refractivity (Wildman–Crippen MR) is 124 cm³/mol. The molecule has 8 heteroatoms. The van der Waals surface area contributed by atoms with Crippen molar-refractivity contribution < 1.29 is 23.9 Å². The van der Waals surface area contributed by atoms with Crippen molar-refractivity contribution in [3.8, 4) is 0 Å². The minimum atomic E-state index is -1.03. The summed E-state index contributed by atoms with van der Waals surface area (Å²) in [6.07, 6.45) is -0.353. The Labute approximate surface area is 192 Å². The molecule has 0 spiro atoms. The highest BCUT2D eigenvalue weighted by atomic mass is 35.5. The van der Waals surface area contributed by atoms with E-state index in [1.54, 1.807) is 55.4 Å². The van der Waals surface area contributed by atoms with Gasteiger partial charge in [0.2, 0.25) is 5.91 Å². The van der Waals surface area contributed by atoms with Gasteiger partial charge in [-0.2, -0.15) is 0 Å². The molecule has 0 aliphatic heterocycles. The average molecular weight is 461 g/mol. The molecule has 7 nitrogen and oxygen atoms in total. The molecule has 1 unspecified atom stereocenters. The molecule has 31 heavy (non-hydrogen) atoms. The minimum Gasteiger partial charge on any atom is -0.458 e. The van der Waals surface area contributed by atoms with Crippen molar-refractivity contribution in [3.63, 3.8) is 0 Å². The molecule has 0 aromatic carbocycles. The van der Waals surface area contributed by atoms with Crippen molar-refractivity contribution in [3.05, 3.63) is 12.2 Å². The maximum absolute atomic E-state index is 13.2. The van der Waals surface area contributed by atoms with Crippen LogP contribution >= 0.6 is 11.6 Å². The molecule has 0 aliphatic rings. The molecule has 4 atom stereocenters. The van der Waals surface area contributed by atoms with Gasteiger partial charge in [0.05, 0.1) is 5.38 Å². The molecule has 180 valence electrons. The highest BCUT2D eigenvalue weighted by Crippen LogP contribution is 2.22. The lowest BCUT2D eigenvalue weighted by Gasteiger charge is -2.31. The molecule has 0 saturated carbocycles. The van der Waals surface area contributed by atoms with E-state index in [1.807, 2.05) is 13.8 Å². The number of halogens is 1. The monoisotopic (exact) mass is 460 g/mol. The fourth-order valence-corrected chi connectivity index (χ4v) is 2.95. The zero-order chi connectivity index (χ0) is 24.7. The summed E-state index contributed by atoms with van der Waals surface area (Å²) in [6.45, 7) is 21.8. The molecule has 0 saturated heterocycles. The third kappa shape index (κ3) is 12.0. The van der Waals surface area contributed by atoms with Crippen LogP contribution in [0.25, 0.3) is 0 Å². The van der Waals surface area contributed by atoms with E-state index in [9.17, 15) is 14.4 Å². The van der Waals surface area contributed by atoms with Crippen molar-refractivity contribution in [1.82, 2.24) is 10.6 Å². The highest BCUT2D eigenvalue weighted by molar-refractivity contribution is 6.22. The number of hydrogen-bond donors (Lipinski definition) is 2. The number of carbonyl (C=O) groups is 3. The second kappa shape index (κ2) is 11.7. The van der Waals surface area contributed by atoms with Gasteiger partial charge < -0.3 is 20.1 Å². The predicted octanol–water partition coefficient (Wildman–Crippen LogP) is 4.57. The Morgan fingerprint density at radius 1 is 0.903 bits per heavy atom. The summed E-state index contributed by atoms with van der Waals surface area (Å²) in [7, 11) is 0. The first kappa shape index (κ1) is 29.2. The first-order valence-electron chi connectivity index (χ1n) is 10.7. The van der Waals surface area contributed by atoms with Crippen LogP contribution < -0.4 is 10.6 Å². The van der Waals surface area contributed by atoms with Gasteiger partial charge in [0.1, 0.15) is 23.3 Å². The van der Waals surface area contributed by atoms with Gasteiger partial charge in [0.25, 0.3) is 0 Å². The Morgan fingerprint density at radius 3 is 1.77 bits per heavy atom. The summed E-state index contributed by atoms with van der Waals surface area (Å²) in [6, 6.07) is -1.88. The summed E-state index contributed by atoms with van der Waals surface area (Å²) in [5.41, 5.74) is -0.849. The third-order valence-corrected chi connectivity index (χ3v) is 4.55. The Balaban J connectivity index is 5.73. The van der Waals surface area contributed by atoms with Gasteiger partial charge in [0, 0.05) is 5.92 Å². The number of hydrogen-bond acceptors (Lipinski definition) is 5. The van der Waals surface area contributed by atoms with E-state index in [0.717, 1.165) is 0 Å². The molecule has 0 aliphatic carbocycles. The molecule has 0 radical (unpaired) electrons. The van der Waals surface area contributed by atoms with Crippen molar-refractivity contribution in [2.24, 2.45) is 11.8 Å². The van der Waals surface area contributed by atoms with E-state index in [1.165, 1.54) is 0 Å². The highest BCUT2D eigenvalue weighted by Gasteiger charge is 2.35. The molecule has 0 aromatic rings. The van der Waals surface area contributed by atoms with Crippen LogP contribution in [0, 0.1) is 11.8 Å². The number of ether oxygens (including phenoxy) is 2. The number of amides is 2. The first-order valence-corrected chi connectivity index (χ1v) is 11.1. The van der Waals surface area contributed by atoms with Crippen LogP contribution in [0.1, 0.15) is 75.7 Å². The zero-order valence-electron chi connectivity index (χ0n) is 20.7. The average Bonchev–Trinajstić information content (AvgIpc) is 2.53. The van der Waals surface area contributed by atoms with Gasteiger partial charge in [-0.15, -0.1) is 11.6 Å². The Kier molecular flexibility index (Phi) is 11.1. The molecular weight excluding hydrogens is 420 g/mol. The van der Waals surface area contributed by atoms with Gasteiger partial charge in [-0.05, 0) is 60.8 Å². The second-order valence-electron chi connectivity index (χ2n) is 10.3. The van der Waals surface area contributed by atoms with Gasteiger partial charge >= 0.3 is 12.1 Å². The van der Waals surface area contributed by atoms with Crippen molar-refractivity contribution in [2.45, 2.75) is 104 Å². The summed E-state index contributed by atoms with van der Waals surface area (Å²) in [5.74, 6) is -1.43. The standard InChI is InChI=1S/C23H41ClN2O5/c1-13(2)12-17(20(28)30-22(6,7)8)25-19(27)18(15(4)14(3)16(5)24)26-21(29)31-23(9,10)11/h13,15-18H,3,12H2,1-2,4-11H3,(H,25,27)(H,26,29)/t15-,16?,17+,18-/m1/s1. The van der Waals surface area contributed by atoms with Crippen LogP contribution in [-0.4, -0.2) is 46.6 Å². The smallest absolute Gasteiger partial charge is 0.408 e. The zero-order valence-corrected chi connectivity index (χ0v) is 21.5. The topological polar surface area (TPSA) is 93.7 Å². The molecule has 0 rings (SSSR count). The lowest BCUT2D eigenvalue weighted by Crippen LogP contribution is -2.56. The van der Waals surface area contributed by atoms with Gasteiger partial charge in [-0.3, -0.25) is 4.79 Å².